The van der Waals surface area contributed by atoms with Gasteiger partial charge in [0.25, 0.3) is 0 Å². The maximum atomic E-state index is 12.3. The normalized spacial score (nSPS) is 14.1. The number of rotatable bonds is 7. The maximum Gasteiger partial charge on any atom is 0.234 e. The van der Waals surface area contributed by atoms with Gasteiger partial charge in [-0.05, 0) is 68.5 Å². The lowest BCUT2D eigenvalue weighted by Crippen LogP contribution is -2.15. The van der Waals surface area contributed by atoms with Gasteiger partial charge in [-0.25, -0.2) is 0 Å². The summed E-state index contributed by atoms with van der Waals surface area (Å²) in [5.41, 5.74) is 2.85. The molecule has 0 atom stereocenters. The molecule has 0 bridgehead atoms. The number of carbonyl (C=O) groups is 1. The van der Waals surface area contributed by atoms with Gasteiger partial charge in [-0.2, -0.15) is 0 Å². The summed E-state index contributed by atoms with van der Waals surface area (Å²) in [5.74, 6) is 1.88. The Morgan fingerprint density at radius 2 is 1.87 bits per heavy atom. The molecule has 1 aromatic heterocycles. The topological polar surface area (TPSA) is 69.0 Å². The van der Waals surface area contributed by atoms with E-state index in [-0.39, 0.29) is 11.7 Å². The third kappa shape index (κ3) is 4.84. The summed E-state index contributed by atoms with van der Waals surface area (Å²) in [6.07, 6.45) is 5.14. The Morgan fingerprint density at radius 1 is 1.13 bits per heavy atom. The number of carbonyl (C=O) groups excluding carboxylic acids is 1. The van der Waals surface area contributed by atoms with E-state index in [1.165, 1.54) is 24.6 Å². The van der Waals surface area contributed by atoms with E-state index in [2.05, 4.69) is 15.5 Å². The lowest BCUT2D eigenvalue weighted by atomic mass is 10.2. The van der Waals surface area contributed by atoms with Crippen molar-refractivity contribution in [2.75, 3.05) is 11.1 Å². The molecule has 2 aromatic carbocycles. The maximum absolute atomic E-state index is 12.3. The van der Waals surface area contributed by atoms with Gasteiger partial charge in [0, 0.05) is 18.3 Å². The van der Waals surface area contributed by atoms with Gasteiger partial charge in [0.05, 0.1) is 11.9 Å². The molecule has 1 aliphatic rings. The second-order valence-electron chi connectivity index (χ2n) is 7.57. The highest BCUT2D eigenvalue weighted by Crippen LogP contribution is 2.27. The Morgan fingerprint density at radius 3 is 2.60 bits per heavy atom. The van der Waals surface area contributed by atoms with E-state index in [1.807, 2.05) is 67.1 Å². The number of thioether (sulfide) groups is 1. The van der Waals surface area contributed by atoms with Crippen molar-refractivity contribution in [1.82, 2.24) is 14.8 Å². The SMILES string of the molecule is Cc1ccccc1NC(=O)CSc1nnc(-c2ccc(OC3CCCC3)cc2)n1C. The molecule has 0 saturated heterocycles. The molecule has 7 heteroatoms. The van der Waals surface area contributed by atoms with Gasteiger partial charge < -0.3 is 14.6 Å². The molecule has 0 aliphatic heterocycles. The van der Waals surface area contributed by atoms with Crippen LogP contribution in [0.5, 0.6) is 5.75 Å². The summed E-state index contributed by atoms with van der Waals surface area (Å²) in [6.45, 7) is 1.97. The number of aromatic nitrogens is 3. The highest BCUT2D eigenvalue weighted by Gasteiger charge is 2.17. The van der Waals surface area contributed by atoms with Crippen molar-refractivity contribution in [2.45, 2.75) is 43.9 Å². The Balaban J connectivity index is 1.36. The van der Waals surface area contributed by atoms with Gasteiger partial charge in [0.2, 0.25) is 5.91 Å². The minimum atomic E-state index is -0.0627. The third-order valence-corrected chi connectivity index (χ3v) is 6.32. The third-order valence-electron chi connectivity index (χ3n) is 5.30. The van der Waals surface area contributed by atoms with E-state index >= 15 is 0 Å². The lowest BCUT2D eigenvalue weighted by Gasteiger charge is -2.13. The van der Waals surface area contributed by atoms with Gasteiger partial charge in [-0.15, -0.1) is 10.2 Å². The van der Waals surface area contributed by atoms with Crippen molar-refractivity contribution in [3.8, 4) is 17.1 Å². The highest BCUT2D eigenvalue weighted by molar-refractivity contribution is 7.99. The summed E-state index contributed by atoms with van der Waals surface area (Å²) in [7, 11) is 1.92. The van der Waals surface area contributed by atoms with E-state index in [9.17, 15) is 4.79 Å². The van der Waals surface area contributed by atoms with Crippen LogP contribution >= 0.6 is 11.8 Å². The minimum Gasteiger partial charge on any atom is -0.490 e. The Labute approximate surface area is 181 Å². The summed E-state index contributed by atoms with van der Waals surface area (Å²) in [4.78, 5) is 12.3. The first-order valence-corrected chi connectivity index (χ1v) is 11.2. The molecule has 30 heavy (non-hydrogen) atoms. The van der Waals surface area contributed by atoms with Gasteiger partial charge in [0.15, 0.2) is 11.0 Å². The molecule has 0 radical (unpaired) electrons. The van der Waals surface area contributed by atoms with Crippen molar-refractivity contribution in [2.24, 2.45) is 7.05 Å². The average Bonchev–Trinajstić information content (AvgIpc) is 3.39. The minimum absolute atomic E-state index is 0.0627. The van der Waals surface area contributed by atoms with Crippen LogP contribution in [0.1, 0.15) is 31.2 Å². The Hall–Kier alpha value is -2.80. The molecule has 156 valence electrons. The van der Waals surface area contributed by atoms with Crippen LogP contribution in [0, 0.1) is 6.92 Å². The van der Waals surface area contributed by atoms with Crippen LogP contribution in [0.15, 0.2) is 53.7 Å². The van der Waals surface area contributed by atoms with Crippen molar-refractivity contribution < 1.29 is 9.53 Å². The van der Waals surface area contributed by atoms with Gasteiger partial charge >= 0.3 is 0 Å². The molecule has 6 nitrogen and oxygen atoms in total. The molecule has 0 unspecified atom stereocenters. The second-order valence-corrected chi connectivity index (χ2v) is 8.51. The zero-order chi connectivity index (χ0) is 20.9. The molecule has 1 aliphatic carbocycles. The molecule has 4 rings (SSSR count). The number of aryl methyl sites for hydroxylation is 1. The summed E-state index contributed by atoms with van der Waals surface area (Å²) >= 11 is 1.37. The highest BCUT2D eigenvalue weighted by atomic mass is 32.2. The number of amides is 1. The zero-order valence-electron chi connectivity index (χ0n) is 17.3. The quantitative estimate of drug-likeness (QED) is 0.552. The first-order valence-electron chi connectivity index (χ1n) is 10.2. The number of anilines is 1. The monoisotopic (exact) mass is 422 g/mol. The van der Waals surface area contributed by atoms with E-state index in [0.29, 0.717) is 11.3 Å². The van der Waals surface area contributed by atoms with Crippen molar-refractivity contribution >= 4 is 23.4 Å². The molecule has 1 fully saturated rings. The summed E-state index contributed by atoms with van der Waals surface area (Å²) in [6, 6.07) is 15.7. The fraction of sp³-hybridized carbons (Fsp3) is 0.348. The fourth-order valence-electron chi connectivity index (χ4n) is 3.60. The van der Waals surface area contributed by atoms with Crippen LogP contribution in [-0.4, -0.2) is 32.5 Å². The second kappa shape index (κ2) is 9.34. The van der Waals surface area contributed by atoms with E-state index in [1.54, 1.807) is 0 Å². The number of para-hydroxylation sites is 1. The number of nitrogens with zero attached hydrogens (tertiary/aromatic N) is 3. The van der Waals surface area contributed by atoms with E-state index in [0.717, 1.165) is 41.2 Å². The largest absolute Gasteiger partial charge is 0.490 e. The molecule has 3 aromatic rings. The first-order chi connectivity index (χ1) is 14.6. The number of hydrogen-bond acceptors (Lipinski definition) is 5. The fourth-order valence-corrected chi connectivity index (χ4v) is 4.31. The van der Waals surface area contributed by atoms with Crippen LogP contribution < -0.4 is 10.1 Å². The zero-order valence-corrected chi connectivity index (χ0v) is 18.1. The van der Waals surface area contributed by atoms with Gasteiger partial charge in [0.1, 0.15) is 5.75 Å². The molecule has 1 N–H and O–H groups in total. The average molecular weight is 423 g/mol. The lowest BCUT2D eigenvalue weighted by molar-refractivity contribution is -0.113. The Bertz CT molecular complexity index is 1010. The Kier molecular flexibility index (Phi) is 6.38. The predicted octanol–water partition coefficient (Wildman–Crippen LogP) is 4.84. The van der Waals surface area contributed by atoms with E-state index in [4.69, 9.17) is 4.74 Å². The van der Waals surface area contributed by atoms with Crippen molar-refractivity contribution in [1.29, 1.82) is 0 Å². The molecular formula is C23H26N4O2S. The number of hydrogen-bond donors (Lipinski definition) is 1. The van der Waals surface area contributed by atoms with Gasteiger partial charge in [-0.1, -0.05) is 30.0 Å². The van der Waals surface area contributed by atoms with Crippen LogP contribution in [0.3, 0.4) is 0 Å². The molecule has 1 saturated carbocycles. The van der Waals surface area contributed by atoms with Crippen LogP contribution in [0.25, 0.3) is 11.4 Å². The number of nitrogens with one attached hydrogen (secondary N) is 1. The van der Waals surface area contributed by atoms with Crippen LogP contribution in [-0.2, 0) is 11.8 Å². The first kappa shape index (κ1) is 20.5. The summed E-state index contributed by atoms with van der Waals surface area (Å²) < 4.78 is 7.95. The molecular weight excluding hydrogens is 396 g/mol. The van der Waals surface area contributed by atoms with Crippen LogP contribution in [0.4, 0.5) is 5.69 Å². The smallest absolute Gasteiger partial charge is 0.234 e. The number of benzene rings is 2. The summed E-state index contributed by atoms with van der Waals surface area (Å²) in [5, 5.41) is 12.2. The molecule has 1 amide bonds. The number of ether oxygens (including phenoxy) is 1. The predicted molar refractivity (Wildman–Crippen MR) is 120 cm³/mol. The van der Waals surface area contributed by atoms with Crippen LogP contribution in [0.2, 0.25) is 0 Å². The standard InChI is InChI=1S/C23H26N4O2S/c1-16-7-3-6-10-20(16)24-21(28)15-30-23-26-25-22(27(23)2)17-11-13-19(14-12-17)29-18-8-4-5-9-18/h3,6-7,10-14,18H,4-5,8-9,15H2,1-2H3,(H,24,28). The molecule has 1 heterocycles. The van der Waals surface area contributed by atoms with Gasteiger partial charge in [-0.3, -0.25) is 4.79 Å². The van der Waals surface area contributed by atoms with Crippen molar-refractivity contribution in [3.63, 3.8) is 0 Å². The molecule has 0 spiro atoms. The van der Waals surface area contributed by atoms with Crippen molar-refractivity contribution in [3.05, 3.63) is 54.1 Å². The van der Waals surface area contributed by atoms with E-state index < -0.39 is 0 Å².